The zero-order chi connectivity index (χ0) is 14.4. The third kappa shape index (κ3) is 4.21. The summed E-state index contributed by atoms with van der Waals surface area (Å²) in [7, 11) is 0. The van der Waals surface area contributed by atoms with Gasteiger partial charge in [0.25, 0.3) is 0 Å². The number of halogens is 1. The molecule has 0 bridgehead atoms. The van der Waals surface area contributed by atoms with E-state index >= 15 is 0 Å². The minimum Gasteiger partial charge on any atom is -0.491 e. The Kier molecular flexibility index (Phi) is 5.76. The third-order valence-corrected chi connectivity index (χ3v) is 2.84. The van der Waals surface area contributed by atoms with Crippen molar-refractivity contribution in [2.75, 3.05) is 18.5 Å². The molecule has 0 aliphatic heterocycles. The number of anilines is 1. The predicted octanol–water partition coefficient (Wildman–Crippen LogP) is 2.43. The van der Waals surface area contributed by atoms with E-state index < -0.39 is 11.7 Å². The Hall–Kier alpha value is -1.62. The van der Waals surface area contributed by atoms with Gasteiger partial charge < -0.3 is 15.2 Å². The fraction of sp³-hybridized carbons (Fsp3) is 0.500. The highest BCUT2D eigenvalue weighted by Crippen LogP contribution is 2.22. The molecule has 4 nitrogen and oxygen atoms in total. The van der Waals surface area contributed by atoms with Crippen molar-refractivity contribution >= 4 is 11.6 Å². The quantitative estimate of drug-likeness (QED) is 0.834. The number of carbonyl (C=O) groups excluding carboxylic acids is 1. The van der Waals surface area contributed by atoms with E-state index in [-0.39, 0.29) is 24.2 Å². The van der Waals surface area contributed by atoms with Crippen molar-refractivity contribution < 1.29 is 19.0 Å². The molecule has 0 aliphatic carbocycles. The van der Waals surface area contributed by atoms with Crippen molar-refractivity contribution in [3.05, 3.63) is 24.0 Å². The molecule has 1 rings (SSSR count). The van der Waals surface area contributed by atoms with E-state index in [2.05, 4.69) is 5.32 Å². The number of hydrogen-bond acceptors (Lipinski definition) is 3. The molecule has 19 heavy (non-hydrogen) atoms. The summed E-state index contributed by atoms with van der Waals surface area (Å²) in [5.41, 5.74) is 0.352. The number of rotatable bonds is 6. The number of benzene rings is 1. The number of hydrogen-bond donors (Lipinski definition) is 2. The first-order chi connectivity index (χ1) is 8.99. The van der Waals surface area contributed by atoms with Gasteiger partial charge in [-0.05, 0) is 25.0 Å². The Balaban J connectivity index is 2.77. The molecule has 0 heterocycles. The molecule has 1 amide bonds. The topological polar surface area (TPSA) is 58.6 Å². The average molecular weight is 269 g/mol. The van der Waals surface area contributed by atoms with E-state index in [1.165, 1.54) is 12.1 Å². The number of aliphatic hydroxyl groups is 1. The Bertz CT molecular complexity index is 435. The van der Waals surface area contributed by atoms with Crippen LogP contribution in [0.1, 0.15) is 20.8 Å². The van der Waals surface area contributed by atoms with E-state index in [1.807, 2.05) is 13.8 Å². The fourth-order valence-electron chi connectivity index (χ4n) is 1.68. The Morgan fingerprint density at radius 3 is 2.63 bits per heavy atom. The van der Waals surface area contributed by atoms with Crippen LogP contribution < -0.4 is 10.1 Å². The van der Waals surface area contributed by atoms with Crippen molar-refractivity contribution in [3.63, 3.8) is 0 Å². The molecular formula is C14H20FNO3. The Morgan fingerprint density at radius 1 is 1.47 bits per heavy atom. The smallest absolute Gasteiger partial charge is 0.230 e. The van der Waals surface area contributed by atoms with Gasteiger partial charge in [0.1, 0.15) is 0 Å². The van der Waals surface area contributed by atoms with Gasteiger partial charge in [-0.1, -0.05) is 13.8 Å². The zero-order valence-electron chi connectivity index (χ0n) is 11.4. The van der Waals surface area contributed by atoms with Crippen molar-refractivity contribution in [2.24, 2.45) is 11.8 Å². The van der Waals surface area contributed by atoms with E-state index in [1.54, 1.807) is 13.0 Å². The molecule has 0 aliphatic rings. The molecule has 0 aromatic heterocycles. The standard InChI is InChI=1S/C14H20FNO3/c1-4-19-13-6-5-10(7-12(13)15)16-14(18)11(8-17)9(2)3/h5-7,9,11,17H,4,8H2,1-3H3,(H,16,18). The van der Waals surface area contributed by atoms with Gasteiger partial charge in [-0.15, -0.1) is 0 Å². The molecule has 1 aromatic carbocycles. The van der Waals surface area contributed by atoms with Crippen LogP contribution in [0.15, 0.2) is 18.2 Å². The van der Waals surface area contributed by atoms with Crippen LogP contribution in [0.25, 0.3) is 0 Å². The SMILES string of the molecule is CCOc1ccc(NC(=O)C(CO)C(C)C)cc1F. The van der Waals surface area contributed by atoms with Crippen molar-refractivity contribution in [1.82, 2.24) is 0 Å². The molecule has 2 N–H and O–H groups in total. The van der Waals surface area contributed by atoms with Gasteiger partial charge in [0, 0.05) is 11.8 Å². The van der Waals surface area contributed by atoms with Gasteiger partial charge in [-0.3, -0.25) is 4.79 Å². The van der Waals surface area contributed by atoms with Gasteiger partial charge in [0.15, 0.2) is 11.6 Å². The Labute approximate surface area is 112 Å². The molecule has 106 valence electrons. The zero-order valence-corrected chi connectivity index (χ0v) is 11.4. The normalized spacial score (nSPS) is 12.3. The fourth-order valence-corrected chi connectivity index (χ4v) is 1.68. The van der Waals surface area contributed by atoms with Crippen LogP contribution in [-0.2, 0) is 4.79 Å². The van der Waals surface area contributed by atoms with Crippen molar-refractivity contribution in [2.45, 2.75) is 20.8 Å². The van der Waals surface area contributed by atoms with E-state index in [4.69, 9.17) is 9.84 Å². The molecule has 5 heteroatoms. The number of nitrogens with one attached hydrogen (secondary N) is 1. The van der Waals surface area contributed by atoms with Crippen LogP contribution >= 0.6 is 0 Å². The van der Waals surface area contributed by atoms with Crippen molar-refractivity contribution in [1.29, 1.82) is 0 Å². The molecule has 1 atom stereocenters. The molecule has 0 saturated heterocycles. The van der Waals surface area contributed by atoms with Gasteiger partial charge in [-0.25, -0.2) is 4.39 Å². The Morgan fingerprint density at radius 2 is 2.16 bits per heavy atom. The second-order valence-corrected chi connectivity index (χ2v) is 4.60. The second kappa shape index (κ2) is 7.09. The number of amides is 1. The minimum absolute atomic E-state index is 0.0116. The van der Waals surface area contributed by atoms with Crippen LogP contribution in [0.5, 0.6) is 5.75 Å². The molecule has 0 spiro atoms. The van der Waals surface area contributed by atoms with Crippen LogP contribution in [-0.4, -0.2) is 24.2 Å². The summed E-state index contributed by atoms with van der Waals surface area (Å²) in [6.07, 6.45) is 0. The summed E-state index contributed by atoms with van der Waals surface area (Å²) in [5, 5.41) is 11.7. The summed E-state index contributed by atoms with van der Waals surface area (Å²) in [5.74, 6) is -1.18. The summed E-state index contributed by atoms with van der Waals surface area (Å²) in [6.45, 7) is 5.60. The predicted molar refractivity (Wildman–Crippen MR) is 71.6 cm³/mol. The van der Waals surface area contributed by atoms with Gasteiger partial charge in [-0.2, -0.15) is 0 Å². The summed E-state index contributed by atoms with van der Waals surface area (Å²) in [4.78, 5) is 11.9. The molecular weight excluding hydrogens is 249 g/mol. The lowest BCUT2D eigenvalue weighted by atomic mass is 9.96. The first kappa shape index (κ1) is 15.4. The number of carbonyl (C=O) groups is 1. The second-order valence-electron chi connectivity index (χ2n) is 4.60. The van der Waals surface area contributed by atoms with Gasteiger partial charge >= 0.3 is 0 Å². The maximum Gasteiger partial charge on any atom is 0.230 e. The molecule has 0 radical (unpaired) electrons. The van der Waals surface area contributed by atoms with Gasteiger partial charge in [0.05, 0.1) is 19.1 Å². The molecule has 0 saturated carbocycles. The maximum atomic E-state index is 13.6. The monoisotopic (exact) mass is 269 g/mol. The molecule has 1 unspecified atom stereocenters. The highest BCUT2D eigenvalue weighted by molar-refractivity contribution is 5.92. The van der Waals surface area contributed by atoms with E-state index in [0.717, 1.165) is 0 Å². The lowest BCUT2D eigenvalue weighted by Gasteiger charge is -2.17. The van der Waals surface area contributed by atoms with E-state index in [0.29, 0.717) is 12.3 Å². The van der Waals surface area contributed by atoms with Crippen LogP contribution in [0.2, 0.25) is 0 Å². The summed E-state index contributed by atoms with van der Waals surface area (Å²) < 4.78 is 18.7. The first-order valence-corrected chi connectivity index (χ1v) is 6.33. The summed E-state index contributed by atoms with van der Waals surface area (Å²) in [6, 6.07) is 4.25. The highest BCUT2D eigenvalue weighted by atomic mass is 19.1. The third-order valence-electron chi connectivity index (χ3n) is 2.84. The average Bonchev–Trinajstić information content (AvgIpc) is 2.33. The van der Waals surface area contributed by atoms with Crippen LogP contribution in [0.3, 0.4) is 0 Å². The van der Waals surface area contributed by atoms with Crippen LogP contribution in [0.4, 0.5) is 10.1 Å². The first-order valence-electron chi connectivity index (χ1n) is 6.33. The molecule has 0 fully saturated rings. The summed E-state index contributed by atoms with van der Waals surface area (Å²) >= 11 is 0. The lowest BCUT2D eigenvalue weighted by Crippen LogP contribution is -2.29. The number of aliphatic hydroxyl groups excluding tert-OH is 1. The maximum absolute atomic E-state index is 13.6. The van der Waals surface area contributed by atoms with E-state index in [9.17, 15) is 9.18 Å². The largest absolute Gasteiger partial charge is 0.491 e. The highest BCUT2D eigenvalue weighted by Gasteiger charge is 2.21. The van der Waals surface area contributed by atoms with Gasteiger partial charge in [0.2, 0.25) is 5.91 Å². The van der Waals surface area contributed by atoms with Crippen LogP contribution in [0, 0.1) is 17.7 Å². The lowest BCUT2D eigenvalue weighted by molar-refractivity contribution is -0.122. The molecule has 1 aromatic rings. The minimum atomic E-state index is -0.523. The van der Waals surface area contributed by atoms with Crippen molar-refractivity contribution in [3.8, 4) is 5.75 Å². The number of ether oxygens (including phenoxy) is 1.